The van der Waals surface area contributed by atoms with Gasteiger partial charge in [-0.1, -0.05) is 109 Å². The van der Waals surface area contributed by atoms with Crippen LogP contribution >= 0.6 is 11.3 Å². The van der Waals surface area contributed by atoms with Crippen LogP contribution in [0.5, 0.6) is 0 Å². The lowest BCUT2D eigenvalue weighted by atomic mass is 10.1. The summed E-state index contributed by atoms with van der Waals surface area (Å²) in [5.74, 6) is 0. The molecule has 0 radical (unpaired) electrons. The Morgan fingerprint density at radius 1 is 0.564 bits per heavy atom. The molecule has 5 aromatic rings. The standard InChI is InChI=1S/C35H34N2SSi/c1-25-23-26(2)35(27(3)24-25)36-28(4)33-21-22-34(38-33)29(5)37-39(30-15-9-6-10-16-30,31-17-11-7-12-18-31)32-19-13-8-14-20-32/h6-24H,1-5H3/b36-28?,37-29+. The third-order valence-electron chi connectivity index (χ3n) is 7.14. The smallest absolute Gasteiger partial charge is 0.273 e. The van der Waals surface area contributed by atoms with E-state index in [0.717, 1.165) is 17.1 Å². The number of hydrogen-bond acceptors (Lipinski definition) is 3. The van der Waals surface area contributed by atoms with Crippen LogP contribution in [0.2, 0.25) is 0 Å². The first-order chi connectivity index (χ1) is 18.9. The van der Waals surface area contributed by atoms with Gasteiger partial charge in [0.2, 0.25) is 0 Å². The minimum absolute atomic E-state index is 1.03. The van der Waals surface area contributed by atoms with Crippen LogP contribution in [0.4, 0.5) is 5.69 Å². The third-order valence-corrected chi connectivity index (χ3v) is 12.6. The SMILES string of the molecule is CC(=Nc1c(C)cc(C)cc1C)c1ccc(/C(C)=N/[Si](c2ccccc2)(c2ccccc2)c2ccccc2)s1. The largest absolute Gasteiger partial charge is 0.307 e. The number of aryl methyl sites for hydroxylation is 3. The molecule has 0 saturated carbocycles. The molecule has 0 saturated heterocycles. The molecule has 4 aromatic carbocycles. The van der Waals surface area contributed by atoms with Gasteiger partial charge in [0.15, 0.2) is 0 Å². The van der Waals surface area contributed by atoms with Gasteiger partial charge < -0.3 is 4.66 Å². The Bertz CT molecular complexity index is 1510. The van der Waals surface area contributed by atoms with Crippen molar-refractivity contribution < 1.29 is 0 Å². The van der Waals surface area contributed by atoms with E-state index in [2.05, 4.69) is 150 Å². The van der Waals surface area contributed by atoms with Gasteiger partial charge >= 0.3 is 0 Å². The first kappa shape index (κ1) is 26.7. The molecule has 0 aliphatic carbocycles. The van der Waals surface area contributed by atoms with Crippen LogP contribution in [0.1, 0.15) is 40.3 Å². The molecule has 1 heterocycles. The zero-order valence-electron chi connectivity index (χ0n) is 23.3. The summed E-state index contributed by atoms with van der Waals surface area (Å²) < 4.78 is 5.71. The van der Waals surface area contributed by atoms with Crippen molar-refractivity contribution in [2.75, 3.05) is 0 Å². The fourth-order valence-corrected chi connectivity index (χ4v) is 10.3. The molecule has 0 N–H and O–H groups in total. The van der Waals surface area contributed by atoms with Crippen molar-refractivity contribution in [1.29, 1.82) is 0 Å². The van der Waals surface area contributed by atoms with E-state index < -0.39 is 8.24 Å². The Morgan fingerprint density at radius 2 is 0.974 bits per heavy atom. The van der Waals surface area contributed by atoms with Crippen LogP contribution in [-0.2, 0) is 0 Å². The average Bonchev–Trinajstić information content (AvgIpc) is 3.46. The predicted molar refractivity (Wildman–Crippen MR) is 173 cm³/mol. The first-order valence-corrected chi connectivity index (χ1v) is 16.1. The molecule has 194 valence electrons. The summed E-state index contributed by atoms with van der Waals surface area (Å²) in [5, 5.41) is 3.84. The van der Waals surface area contributed by atoms with E-state index in [4.69, 9.17) is 9.65 Å². The molecule has 39 heavy (non-hydrogen) atoms. The maximum absolute atomic E-state index is 5.71. The summed E-state index contributed by atoms with van der Waals surface area (Å²) in [6.45, 7) is 10.7. The molecule has 0 aliphatic rings. The van der Waals surface area contributed by atoms with Crippen molar-refractivity contribution in [1.82, 2.24) is 0 Å². The highest BCUT2D eigenvalue weighted by atomic mass is 32.1. The summed E-state index contributed by atoms with van der Waals surface area (Å²) in [5.41, 5.74) is 6.87. The average molecular weight is 543 g/mol. The monoisotopic (exact) mass is 542 g/mol. The van der Waals surface area contributed by atoms with Gasteiger partial charge in [-0.25, -0.2) is 0 Å². The molecule has 4 heteroatoms. The van der Waals surface area contributed by atoms with Crippen molar-refractivity contribution in [3.05, 3.63) is 142 Å². The van der Waals surface area contributed by atoms with Crippen LogP contribution in [0.15, 0.2) is 125 Å². The molecule has 0 bridgehead atoms. The zero-order valence-corrected chi connectivity index (χ0v) is 25.1. The van der Waals surface area contributed by atoms with Gasteiger partial charge in [-0.3, -0.25) is 4.99 Å². The summed E-state index contributed by atoms with van der Waals surface area (Å²) >= 11 is 1.77. The van der Waals surface area contributed by atoms with Crippen molar-refractivity contribution in [2.45, 2.75) is 34.6 Å². The highest BCUT2D eigenvalue weighted by Crippen LogP contribution is 2.28. The lowest BCUT2D eigenvalue weighted by Gasteiger charge is -2.30. The van der Waals surface area contributed by atoms with Crippen LogP contribution < -0.4 is 15.6 Å². The molecule has 5 rings (SSSR count). The van der Waals surface area contributed by atoms with Crippen molar-refractivity contribution in [2.24, 2.45) is 9.65 Å². The lowest BCUT2D eigenvalue weighted by molar-refractivity contribution is 1.28. The van der Waals surface area contributed by atoms with E-state index in [1.165, 1.54) is 42.0 Å². The first-order valence-electron chi connectivity index (χ1n) is 13.4. The molecule has 1 aromatic heterocycles. The number of thiophene rings is 1. The normalized spacial score (nSPS) is 12.5. The summed E-state index contributed by atoms with van der Waals surface area (Å²) in [6, 6.07) is 41.3. The van der Waals surface area contributed by atoms with Gasteiger partial charge in [-0.15, -0.1) is 11.3 Å². The minimum Gasteiger partial charge on any atom is -0.307 e. The predicted octanol–water partition coefficient (Wildman–Crippen LogP) is 7.29. The van der Waals surface area contributed by atoms with E-state index in [-0.39, 0.29) is 0 Å². The summed E-state index contributed by atoms with van der Waals surface area (Å²) in [6.07, 6.45) is 0. The van der Waals surface area contributed by atoms with E-state index in [9.17, 15) is 0 Å². The molecule has 0 spiro atoms. The molecular weight excluding hydrogens is 509 g/mol. The Balaban J connectivity index is 1.63. The molecule has 0 fully saturated rings. The summed E-state index contributed by atoms with van der Waals surface area (Å²) in [7, 11) is -2.70. The number of benzene rings is 4. The molecular formula is C35H34N2SSi. The number of nitrogens with zero attached hydrogens (tertiary/aromatic N) is 2. The zero-order chi connectivity index (χ0) is 27.4. The molecule has 0 unspecified atom stereocenters. The van der Waals surface area contributed by atoms with Crippen LogP contribution in [0.25, 0.3) is 0 Å². The van der Waals surface area contributed by atoms with E-state index in [0.29, 0.717) is 0 Å². The Kier molecular flexibility index (Phi) is 7.87. The Morgan fingerprint density at radius 3 is 1.41 bits per heavy atom. The molecule has 0 atom stereocenters. The van der Waals surface area contributed by atoms with E-state index in [1.54, 1.807) is 11.3 Å². The lowest BCUT2D eigenvalue weighted by Crippen LogP contribution is -2.66. The third kappa shape index (κ3) is 5.49. The molecule has 2 nitrogen and oxygen atoms in total. The van der Waals surface area contributed by atoms with E-state index in [1.807, 2.05) is 0 Å². The second kappa shape index (κ2) is 11.5. The van der Waals surface area contributed by atoms with Crippen LogP contribution in [-0.4, -0.2) is 19.7 Å². The van der Waals surface area contributed by atoms with Crippen molar-refractivity contribution in [3.8, 4) is 0 Å². The van der Waals surface area contributed by atoms with Crippen LogP contribution in [0, 0.1) is 20.8 Å². The summed E-state index contributed by atoms with van der Waals surface area (Å²) in [4.78, 5) is 7.40. The fraction of sp³-hybridized carbons (Fsp3) is 0.143. The van der Waals surface area contributed by atoms with Gasteiger partial charge in [0, 0.05) is 15.5 Å². The van der Waals surface area contributed by atoms with Crippen LogP contribution in [0.3, 0.4) is 0 Å². The maximum atomic E-state index is 5.71. The van der Waals surface area contributed by atoms with Gasteiger partial charge in [0.05, 0.1) is 11.4 Å². The Labute approximate surface area is 237 Å². The second-order valence-corrected chi connectivity index (χ2v) is 14.6. The van der Waals surface area contributed by atoms with E-state index >= 15 is 0 Å². The highest BCUT2D eigenvalue weighted by molar-refractivity contribution is 7.16. The van der Waals surface area contributed by atoms with Crippen molar-refractivity contribution in [3.63, 3.8) is 0 Å². The fourth-order valence-electron chi connectivity index (χ4n) is 5.34. The number of aliphatic imine (C=N–C) groups is 1. The maximum Gasteiger partial charge on any atom is 0.273 e. The van der Waals surface area contributed by atoms with Crippen molar-refractivity contribution >= 4 is 52.2 Å². The van der Waals surface area contributed by atoms with Gasteiger partial charge in [-0.05, 0) is 73.4 Å². The van der Waals surface area contributed by atoms with Gasteiger partial charge in [-0.2, -0.15) is 0 Å². The minimum atomic E-state index is -2.70. The second-order valence-electron chi connectivity index (χ2n) is 10.1. The van der Waals surface area contributed by atoms with Gasteiger partial charge in [0.1, 0.15) is 0 Å². The number of hydrogen-bond donors (Lipinski definition) is 0. The molecule has 0 amide bonds. The Hall–Kier alpha value is -3.86. The highest BCUT2D eigenvalue weighted by Gasteiger charge is 2.40. The molecule has 0 aliphatic heterocycles. The number of rotatable bonds is 7. The quantitative estimate of drug-likeness (QED) is 0.117. The topological polar surface area (TPSA) is 24.7 Å². The van der Waals surface area contributed by atoms with Gasteiger partial charge in [0.25, 0.3) is 8.24 Å².